The van der Waals surface area contributed by atoms with Crippen molar-refractivity contribution in [2.24, 2.45) is 0 Å². The van der Waals surface area contributed by atoms with E-state index in [1.54, 1.807) is 6.92 Å². The zero-order chi connectivity index (χ0) is 15.4. The molecular weight excluding hydrogens is 271 g/mol. The van der Waals surface area contributed by atoms with Crippen LogP contribution in [0.2, 0.25) is 0 Å². The van der Waals surface area contributed by atoms with E-state index in [2.05, 4.69) is 5.32 Å². The summed E-state index contributed by atoms with van der Waals surface area (Å²) in [5.74, 6) is 0. The van der Waals surface area contributed by atoms with E-state index in [4.69, 9.17) is 0 Å². The number of aliphatic hydroxyl groups excluding tert-OH is 2. The van der Waals surface area contributed by atoms with E-state index < -0.39 is 17.3 Å². The van der Waals surface area contributed by atoms with Crippen molar-refractivity contribution in [2.75, 3.05) is 13.2 Å². The number of aliphatic hydroxyl groups is 2. The van der Waals surface area contributed by atoms with Crippen LogP contribution in [0.5, 0.6) is 0 Å². The third kappa shape index (κ3) is 3.94. The molecular formula is C14H20F3NO2. The zero-order valence-electron chi connectivity index (χ0n) is 11.5. The fraction of sp³-hybridized carbons (Fsp3) is 0.571. The Hall–Kier alpha value is -1.11. The van der Waals surface area contributed by atoms with Gasteiger partial charge in [-0.2, -0.15) is 13.2 Å². The summed E-state index contributed by atoms with van der Waals surface area (Å²) in [5.41, 5.74) is -0.862. The molecule has 1 atom stereocenters. The highest BCUT2D eigenvalue weighted by Gasteiger charge is 2.31. The lowest BCUT2D eigenvalue weighted by Crippen LogP contribution is -2.52. The first kappa shape index (κ1) is 16.9. The molecule has 0 bridgehead atoms. The third-order valence-corrected chi connectivity index (χ3v) is 3.54. The number of rotatable bonds is 6. The predicted octanol–water partition coefficient (Wildman–Crippen LogP) is 2.49. The normalized spacial score (nSPS) is 14.3. The van der Waals surface area contributed by atoms with Crippen LogP contribution in [0.3, 0.4) is 0 Å². The van der Waals surface area contributed by atoms with Crippen LogP contribution in [0.15, 0.2) is 24.3 Å². The van der Waals surface area contributed by atoms with Gasteiger partial charge in [-0.3, -0.25) is 0 Å². The summed E-state index contributed by atoms with van der Waals surface area (Å²) in [6.45, 7) is 3.10. The largest absolute Gasteiger partial charge is 0.416 e. The Labute approximate surface area is 116 Å². The molecule has 0 saturated carbocycles. The smallest absolute Gasteiger partial charge is 0.394 e. The van der Waals surface area contributed by atoms with Crippen LogP contribution in [0.25, 0.3) is 0 Å². The highest BCUT2D eigenvalue weighted by atomic mass is 19.4. The molecule has 0 aliphatic rings. The third-order valence-electron chi connectivity index (χ3n) is 3.54. The summed E-state index contributed by atoms with van der Waals surface area (Å²) in [6, 6.07) is 4.57. The number of halogens is 3. The maximum atomic E-state index is 12.5. The van der Waals surface area contributed by atoms with Crippen molar-refractivity contribution in [1.82, 2.24) is 5.32 Å². The molecule has 0 aliphatic heterocycles. The molecule has 1 unspecified atom stereocenters. The zero-order valence-corrected chi connectivity index (χ0v) is 11.5. The maximum absolute atomic E-state index is 12.5. The van der Waals surface area contributed by atoms with Gasteiger partial charge in [-0.25, -0.2) is 0 Å². The summed E-state index contributed by atoms with van der Waals surface area (Å²) in [7, 11) is 0. The molecule has 0 saturated heterocycles. The van der Waals surface area contributed by atoms with Crippen LogP contribution in [-0.4, -0.2) is 29.0 Å². The minimum absolute atomic E-state index is 0.245. The number of benzene rings is 1. The Morgan fingerprint density at radius 2 is 1.60 bits per heavy atom. The lowest BCUT2D eigenvalue weighted by Gasteiger charge is -2.33. The lowest BCUT2D eigenvalue weighted by atomic mass is 9.95. The van der Waals surface area contributed by atoms with Crippen LogP contribution < -0.4 is 5.32 Å². The van der Waals surface area contributed by atoms with Gasteiger partial charge in [0, 0.05) is 6.04 Å². The molecule has 0 aliphatic carbocycles. The van der Waals surface area contributed by atoms with E-state index in [9.17, 15) is 23.4 Å². The molecule has 1 rings (SSSR count). The molecule has 0 heterocycles. The SMILES string of the molecule is CCC(CO)(CO)NC(C)c1ccc(C(F)(F)F)cc1. The van der Waals surface area contributed by atoms with Gasteiger partial charge in [-0.15, -0.1) is 0 Å². The Morgan fingerprint density at radius 3 is 1.95 bits per heavy atom. The second kappa shape index (κ2) is 6.56. The first-order chi connectivity index (χ1) is 9.28. The molecule has 1 aromatic carbocycles. The predicted molar refractivity (Wildman–Crippen MR) is 70.2 cm³/mol. The van der Waals surface area contributed by atoms with Gasteiger partial charge < -0.3 is 15.5 Å². The van der Waals surface area contributed by atoms with Crippen LogP contribution in [0.1, 0.15) is 37.4 Å². The van der Waals surface area contributed by atoms with Gasteiger partial charge >= 0.3 is 6.18 Å². The highest BCUT2D eigenvalue weighted by Crippen LogP contribution is 2.30. The average molecular weight is 291 g/mol. The molecule has 0 radical (unpaired) electrons. The molecule has 6 heteroatoms. The Morgan fingerprint density at radius 1 is 1.10 bits per heavy atom. The Kier molecular flexibility index (Phi) is 5.56. The molecule has 1 aromatic rings. The summed E-state index contributed by atoms with van der Waals surface area (Å²) >= 11 is 0. The minimum Gasteiger partial charge on any atom is -0.394 e. The summed E-state index contributed by atoms with van der Waals surface area (Å²) < 4.78 is 37.4. The Bertz CT molecular complexity index is 405. The molecule has 3 N–H and O–H groups in total. The van der Waals surface area contributed by atoms with Crippen molar-refractivity contribution in [1.29, 1.82) is 0 Å². The van der Waals surface area contributed by atoms with E-state index in [1.807, 2.05) is 6.92 Å². The Balaban J connectivity index is 2.85. The van der Waals surface area contributed by atoms with Gasteiger partial charge in [-0.05, 0) is 31.0 Å². The molecule has 20 heavy (non-hydrogen) atoms. The highest BCUT2D eigenvalue weighted by molar-refractivity contribution is 5.26. The van der Waals surface area contributed by atoms with E-state index in [0.29, 0.717) is 12.0 Å². The van der Waals surface area contributed by atoms with Gasteiger partial charge in [0.15, 0.2) is 0 Å². The first-order valence-electron chi connectivity index (χ1n) is 6.44. The summed E-state index contributed by atoms with van der Waals surface area (Å²) in [4.78, 5) is 0. The van der Waals surface area contributed by atoms with Crippen LogP contribution in [0, 0.1) is 0 Å². The number of nitrogens with one attached hydrogen (secondary N) is 1. The average Bonchev–Trinajstić information content (AvgIpc) is 2.44. The first-order valence-corrected chi connectivity index (χ1v) is 6.44. The van der Waals surface area contributed by atoms with Crippen LogP contribution >= 0.6 is 0 Å². The van der Waals surface area contributed by atoms with Crippen LogP contribution in [-0.2, 0) is 6.18 Å². The van der Waals surface area contributed by atoms with Crippen molar-refractivity contribution in [2.45, 2.75) is 38.0 Å². The summed E-state index contributed by atoms with van der Waals surface area (Å²) in [6.07, 6.45) is -3.84. The number of alkyl halides is 3. The van der Waals surface area contributed by atoms with Gasteiger partial charge in [0.1, 0.15) is 0 Å². The number of hydrogen-bond acceptors (Lipinski definition) is 3. The lowest BCUT2D eigenvalue weighted by molar-refractivity contribution is -0.137. The van der Waals surface area contributed by atoms with Crippen LogP contribution in [0.4, 0.5) is 13.2 Å². The van der Waals surface area contributed by atoms with Crippen molar-refractivity contribution in [3.8, 4) is 0 Å². The van der Waals surface area contributed by atoms with E-state index in [0.717, 1.165) is 12.1 Å². The van der Waals surface area contributed by atoms with E-state index in [-0.39, 0.29) is 19.3 Å². The van der Waals surface area contributed by atoms with Crippen molar-refractivity contribution < 1.29 is 23.4 Å². The number of hydrogen-bond donors (Lipinski definition) is 3. The molecule has 3 nitrogen and oxygen atoms in total. The second-order valence-electron chi connectivity index (χ2n) is 4.94. The molecule has 0 aromatic heterocycles. The van der Waals surface area contributed by atoms with Crippen molar-refractivity contribution in [3.63, 3.8) is 0 Å². The van der Waals surface area contributed by atoms with Gasteiger partial charge in [0.25, 0.3) is 0 Å². The fourth-order valence-electron chi connectivity index (χ4n) is 1.97. The quantitative estimate of drug-likeness (QED) is 0.755. The van der Waals surface area contributed by atoms with Crippen molar-refractivity contribution in [3.05, 3.63) is 35.4 Å². The molecule has 114 valence electrons. The molecule has 0 amide bonds. The summed E-state index contributed by atoms with van der Waals surface area (Å²) in [5, 5.41) is 21.8. The van der Waals surface area contributed by atoms with Gasteiger partial charge in [0.05, 0.1) is 24.3 Å². The molecule has 0 spiro atoms. The topological polar surface area (TPSA) is 52.5 Å². The van der Waals surface area contributed by atoms with Gasteiger partial charge in [-0.1, -0.05) is 19.1 Å². The van der Waals surface area contributed by atoms with E-state index in [1.165, 1.54) is 12.1 Å². The second-order valence-corrected chi connectivity index (χ2v) is 4.94. The van der Waals surface area contributed by atoms with E-state index >= 15 is 0 Å². The molecule has 0 fully saturated rings. The van der Waals surface area contributed by atoms with Gasteiger partial charge in [0.2, 0.25) is 0 Å². The maximum Gasteiger partial charge on any atom is 0.416 e. The minimum atomic E-state index is -4.35. The standard InChI is InChI=1S/C14H20F3NO2/c1-3-13(8-19,9-20)18-10(2)11-4-6-12(7-5-11)14(15,16)17/h4-7,10,18-20H,3,8-9H2,1-2H3. The monoisotopic (exact) mass is 291 g/mol. The van der Waals surface area contributed by atoms with Crippen molar-refractivity contribution >= 4 is 0 Å². The fourth-order valence-corrected chi connectivity index (χ4v) is 1.97.